The van der Waals surface area contributed by atoms with Crippen LogP contribution in [0, 0.1) is 0 Å². The van der Waals surface area contributed by atoms with Crippen LogP contribution in [0.25, 0.3) is 0 Å². The molecule has 7 nitrogen and oxygen atoms in total. The van der Waals surface area contributed by atoms with Gasteiger partial charge in [-0.05, 0) is 42.5 Å². The summed E-state index contributed by atoms with van der Waals surface area (Å²) >= 11 is 0. The number of nitrogens with zero attached hydrogens (tertiary/aromatic N) is 1. The van der Waals surface area contributed by atoms with Crippen molar-refractivity contribution in [3.63, 3.8) is 0 Å². The minimum Gasteiger partial charge on any atom is -0.497 e. The lowest BCUT2D eigenvalue weighted by Crippen LogP contribution is -2.27. The minimum atomic E-state index is -1.06. The molecule has 1 aliphatic rings. The molecule has 0 bridgehead atoms. The maximum atomic E-state index is 12.4. The van der Waals surface area contributed by atoms with Crippen molar-refractivity contribution >= 4 is 23.3 Å². The first-order chi connectivity index (χ1) is 15.0. The van der Waals surface area contributed by atoms with Crippen LogP contribution in [0.4, 0.5) is 11.4 Å². The first kappa shape index (κ1) is 20.3. The third kappa shape index (κ3) is 4.45. The largest absolute Gasteiger partial charge is 0.497 e. The Morgan fingerprint density at radius 1 is 1.06 bits per heavy atom. The molecule has 31 heavy (non-hydrogen) atoms. The number of methoxy groups -OCH3 is 1. The number of carboxylic acid groups (broad SMARTS) is 1. The van der Waals surface area contributed by atoms with E-state index in [9.17, 15) is 14.7 Å². The number of anilines is 2. The highest BCUT2D eigenvalue weighted by Gasteiger charge is 2.22. The van der Waals surface area contributed by atoms with Crippen molar-refractivity contribution in [2.75, 3.05) is 30.5 Å². The second-order valence-corrected chi connectivity index (χ2v) is 7.10. The number of carboxylic acids is 1. The number of nitrogens with one attached hydrogen (secondary N) is 1. The molecule has 3 aromatic rings. The maximum Gasteiger partial charge on any atom is 0.337 e. The van der Waals surface area contributed by atoms with Gasteiger partial charge in [0.25, 0.3) is 5.91 Å². The summed E-state index contributed by atoms with van der Waals surface area (Å²) in [4.78, 5) is 26.4. The van der Waals surface area contributed by atoms with E-state index >= 15 is 0 Å². The molecular weight excluding hydrogens is 396 g/mol. The fourth-order valence-corrected chi connectivity index (χ4v) is 3.54. The number of fused-ring (bicyclic) bond motifs is 1. The van der Waals surface area contributed by atoms with Crippen LogP contribution in [0.2, 0.25) is 0 Å². The number of hydrogen-bond acceptors (Lipinski definition) is 5. The van der Waals surface area contributed by atoms with Crippen LogP contribution in [-0.4, -0.2) is 37.2 Å². The fraction of sp³-hybridized carbons (Fsp3) is 0.167. The summed E-state index contributed by atoms with van der Waals surface area (Å²) in [5.41, 5.74) is 2.54. The van der Waals surface area contributed by atoms with E-state index in [2.05, 4.69) is 5.32 Å². The smallest absolute Gasteiger partial charge is 0.337 e. The summed E-state index contributed by atoms with van der Waals surface area (Å²) in [6, 6.07) is 19.3. The Balaban J connectivity index is 1.60. The molecule has 1 heterocycles. The Kier molecular flexibility index (Phi) is 5.75. The second kappa shape index (κ2) is 8.79. The van der Waals surface area contributed by atoms with Crippen molar-refractivity contribution in [3.8, 4) is 11.5 Å². The van der Waals surface area contributed by atoms with E-state index in [4.69, 9.17) is 9.47 Å². The van der Waals surface area contributed by atoms with Crippen LogP contribution >= 0.6 is 0 Å². The number of rotatable bonds is 5. The zero-order valence-corrected chi connectivity index (χ0v) is 17.0. The molecule has 0 saturated heterocycles. The van der Waals surface area contributed by atoms with Crippen molar-refractivity contribution in [1.82, 2.24) is 0 Å². The lowest BCUT2D eigenvalue weighted by molar-refractivity contribution is 0.0697. The van der Waals surface area contributed by atoms with E-state index in [-0.39, 0.29) is 11.5 Å². The van der Waals surface area contributed by atoms with E-state index in [1.165, 1.54) is 6.07 Å². The molecule has 0 spiro atoms. The quantitative estimate of drug-likeness (QED) is 0.650. The molecule has 2 N–H and O–H groups in total. The third-order valence-electron chi connectivity index (χ3n) is 5.12. The Labute approximate surface area is 179 Å². The van der Waals surface area contributed by atoms with Crippen LogP contribution in [0.1, 0.15) is 26.3 Å². The number of benzene rings is 3. The van der Waals surface area contributed by atoms with Gasteiger partial charge in [-0.2, -0.15) is 0 Å². The number of carbonyl (C=O) groups is 2. The molecule has 4 rings (SSSR count). The highest BCUT2D eigenvalue weighted by Crippen LogP contribution is 2.32. The van der Waals surface area contributed by atoms with Crippen LogP contribution in [0.3, 0.4) is 0 Å². The van der Waals surface area contributed by atoms with Gasteiger partial charge in [0.1, 0.15) is 18.1 Å². The van der Waals surface area contributed by atoms with E-state index < -0.39 is 5.97 Å². The average molecular weight is 418 g/mol. The molecule has 1 amide bonds. The normalized spacial score (nSPS) is 12.9. The topological polar surface area (TPSA) is 88.1 Å². The van der Waals surface area contributed by atoms with Crippen LogP contribution in [-0.2, 0) is 6.54 Å². The summed E-state index contributed by atoms with van der Waals surface area (Å²) in [5.74, 6) is 0.0732. The van der Waals surface area contributed by atoms with Crippen LogP contribution in [0.15, 0.2) is 66.7 Å². The number of hydrogen-bond donors (Lipinski definition) is 2. The number of amides is 1. The molecule has 0 radical (unpaired) electrons. The summed E-state index contributed by atoms with van der Waals surface area (Å²) in [7, 11) is 1.60. The number of carbonyl (C=O) groups excluding carboxylic acids is 1. The second-order valence-electron chi connectivity index (χ2n) is 7.10. The molecule has 7 heteroatoms. The van der Waals surface area contributed by atoms with E-state index in [0.717, 1.165) is 11.3 Å². The van der Waals surface area contributed by atoms with Crippen molar-refractivity contribution < 1.29 is 24.2 Å². The summed E-state index contributed by atoms with van der Waals surface area (Å²) in [5, 5.41) is 12.6. The Morgan fingerprint density at radius 2 is 1.87 bits per heavy atom. The average Bonchev–Trinajstić information content (AvgIpc) is 3.01. The molecule has 0 aliphatic carbocycles. The minimum absolute atomic E-state index is 0.114. The van der Waals surface area contributed by atoms with Crippen LogP contribution < -0.4 is 19.7 Å². The maximum absolute atomic E-state index is 12.4. The van der Waals surface area contributed by atoms with Gasteiger partial charge in [-0.1, -0.05) is 18.2 Å². The first-order valence-electron chi connectivity index (χ1n) is 9.83. The fourth-order valence-electron chi connectivity index (χ4n) is 3.54. The lowest BCUT2D eigenvalue weighted by Gasteiger charge is -2.24. The van der Waals surface area contributed by atoms with Crippen molar-refractivity contribution in [2.45, 2.75) is 6.54 Å². The molecule has 0 unspecified atom stereocenters. The van der Waals surface area contributed by atoms with Gasteiger partial charge in [-0.25, -0.2) is 4.79 Å². The monoisotopic (exact) mass is 418 g/mol. The van der Waals surface area contributed by atoms with Gasteiger partial charge >= 0.3 is 5.97 Å². The van der Waals surface area contributed by atoms with Crippen LogP contribution in [0.5, 0.6) is 11.5 Å². The Bertz CT molecular complexity index is 1110. The van der Waals surface area contributed by atoms with Crippen molar-refractivity contribution in [3.05, 3.63) is 83.4 Å². The molecule has 0 saturated carbocycles. The lowest BCUT2D eigenvalue weighted by atomic mass is 10.1. The van der Waals surface area contributed by atoms with Gasteiger partial charge in [0.2, 0.25) is 0 Å². The molecule has 1 aliphatic heterocycles. The molecule has 0 aromatic heterocycles. The molecular formula is C24H22N2O5. The summed E-state index contributed by atoms with van der Waals surface area (Å²) < 4.78 is 11.1. The molecule has 0 fully saturated rings. The van der Waals surface area contributed by atoms with Gasteiger partial charge < -0.3 is 24.8 Å². The number of ether oxygens (including phenoxy) is 2. The zero-order chi connectivity index (χ0) is 21.8. The zero-order valence-electron chi connectivity index (χ0n) is 17.0. The van der Waals surface area contributed by atoms with E-state index in [1.54, 1.807) is 43.5 Å². The highest BCUT2D eigenvalue weighted by atomic mass is 16.5. The summed E-state index contributed by atoms with van der Waals surface area (Å²) in [6.45, 7) is 1.42. The highest BCUT2D eigenvalue weighted by molar-refractivity contribution is 6.05. The first-order valence-corrected chi connectivity index (χ1v) is 9.83. The van der Waals surface area contributed by atoms with E-state index in [1.807, 2.05) is 29.2 Å². The number of aromatic carboxylic acids is 1. The molecule has 0 atom stereocenters. The van der Waals surface area contributed by atoms with Gasteiger partial charge in [-0.3, -0.25) is 4.79 Å². The standard InChI is InChI=1S/C24H22N2O5/c1-30-19-9-7-17-15-26(11-12-31-22(17)14-19)21-10-8-18(13-20(21)24(28)29)25-23(27)16-5-3-2-4-6-16/h2-10,13-14H,11-12,15H2,1H3,(H,25,27)(H,28,29). The summed E-state index contributed by atoms with van der Waals surface area (Å²) in [6.07, 6.45) is 0. The SMILES string of the molecule is COc1ccc2c(c1)OCCN(c1ccc(NC(=O)c3ccccc3)cc1C(=O)O)C2. The van der Waals surface area contributed by atoms with Crippen molar-refractivity contribution in [1.29, 1.82) is 0 Å². The predicted octanol–water partition coefficient (Wildman–Crippen LogP) is 4.04. The van der Waals surface area contributed by atoms with Gasteiger partial charge in [0, 0.05) is 29.4 Å². The molecule has 3 aromatic carbocycles. The van der Waals surface area contributed by atoms with Gasteiger partial charge in [0.05, 0.1) is 24.9 Å². The van der Waals surface area contributed by atoms with Crippen molar-refractivity contribution in [2.24, 2.45) is 0 Å². The third-order valence-corrected chi connectivity index (χ3v) is 5.12. The van der Waals surface area contributed by atoms with E-state index in [0.29, 0.717) is 42.4 Å². The Morgan fingerprint density at radius 3 is 2.61 bits per heavy atom. The predicted molar refractivity (Wildman–Crippen MR) is 117 cm³/mol. The molecule has 158 valence electrons. The van der Waals surface area contributed by atoms with Gasteiger partial charge in [-0.15, -0.1) is 0 Å². The Hall–Kier alpha value is -4.00. The van der Waals surface area contributed by atoms with Gasteiger partial charge in [0.15, 0.2) is 0 Å².